The van der Waals surface area contributed by atoms with Gasteiger partial charge in [0.1, 0.15) is 5.75 Å². The van der Waals surface area contributed by atoms with Crippen LogP contribution in [0.5, 0.6) is 5.75 Å². The first-order valence-electron chi connectivity index (χ1n) is 7.02. The van der Waals surface area contributed by atoms with E-state index in [1.54, 1.807) is 0 Å². The average molecular weight is 278 g/mol. The molecule has 0 spiro atoms. The zero-order valence-electron chi connectivity index (χ0n) is 11.4. The predicted molar refractivity (Wildman–Crippen MR) is 80.8 cm³/mol. The Kier molecular flexibility index (Phi) is 2.74. The molecule has 1 aliphatic rings. The maximum atomic E-state index is 11.8. The largest absolute Gasteiger partial charge is 0.493 e. The molecule has 4 heteroatoms. The van der Waals surface area contributed by atoms with Gasteiger partial charge >= 0.3 is 0 Å². The number of hydrogen-bond acceptors (Lipinski definition) is 3. The van der Waals surface area contributed by atoms with E-state index in [1.165, 1.54) is 11.1 Å². The molecule has 0 fully saturated rings. The van der Waals surface area contributed by atoms with Crippen molar-refractivity contribution in [3.05, 3.63) is 69.6 Å². The van der Waals surface area contributed by atoms with Crippen LogP contribution in [0.2, 0.25) is 0 Å². The Morgan fingerprint density at radius 2 is 2.00 bits per heavy atom. The molecule has 0 bridgehead atoms. The van der Waals surface area contributed by atoms with Gasteiger partial charge in [-0.15, -0.1) is 0 Å². The van der Waals surface area contributed by atoms with Crippen molar-refractivity contribution >= 4 is 10.8 Å². The number of hydrogen-bond donors (Lipinski definition) is 1. The van der Waals surface area contributed by atoms with Gasteiger partial charge in [0.2, 0.25) is 0 Å². The molecule has 1 aromatic heterocycles. The second-order valence-corrected chi connectivity index (χ2v) is 5.26. The highest BCUT2D eigenvalue weighted by Gasteiger charge is 2.13. The third kappa shape index (κ3) is 2.09. The van der Waals surface area contributed by atoms with Crippen LogP contribution >= 0.6 is 0 Å². The minimum absolute atomic E-state index is 0.142. The molecular formula is C17H14N2O2. The topological polar surface area (TPSA) is 55.0 Å². The fraction of sp³-hybridized carbons (Fsp3) is 0.176. The van der Waals surface area contributed by atoms with Gasteiger partial charge in [-0.1, -0.05) is 30.3 Å². The summed E-state index contributed by atoms with van der Waals surface area (Å²) in [5, 5.41) is 8.41. The van der Waals surface area contributed by atoms with E-state index in [-0.39, 0.29) is 5.56 Å². The lowest BCUT2D eigenvalue weighted by Gasteiger charge is -2.06. The van der Waals surface area contributed by atoms with Gasteiger partial charge in [0.15, 0.2) is 0 Å². The van der Waals surface area contributed by atoms with E-state index in [4.69, 9.17) is 4.74 Å². The highest BCUT2D eigenvalue weighted by atomic mass is 16.5. The third-order valence-corrected chi connectivity index (χ3v) is 3.90. The molecule has 4 nitrogen and oxygen atoms in total. The molecule has 0 amide bonds. The lowest BCUT2D eigenvalue weighted by Crippen LogP contribution is -2.11. The Labute approximate surface area is 121 Å². The van der Waals surface area contributed by atoms with Gasteiger partial charge in [-0.3, -0.25) is 4.79 Å². The lowest BCUT2D eigenvalue weighted by molar-refractivity contribution is 0.357. The summed E-state index contributed by atoms with van der Waals surface area (Å²) >= 11 is 0. The summed E-state index contributed by atoms with van der Waals surface area (Å²) in [5.74, 6) is 0.984. The van der Waals surface area contributed by atoms with Crippen molar-refractivity contribution in [2.45, 2.75) is 12.8 Å². The highest BCUT2D eigenvalue weighted by molar-refractivity contribution is 5.83. The maximum Gasteiger partial charge on any atom is 0.272 e. The fourth-order valence-electron chi connectivity index (χ4n) is 2.85. The van der Waals surface area contributed by atoms with Crippen molar-refractivity contribution in [3.63, 3.8) is 0 Å². The summed E-state index contributed by atoms with van der Waals surface area (Å²) < 4.78 is 5.53. The van der Waals surface area contributed by atoms with Gasteiger partial charge in [0.05, 0.1) is 17.7 Å². The number of aromatic amines is 1. The number of benzene rings is 2. The van der Waals surface area contributed by atoms with Crippen LogP contribution in [0.3, 0.4) is 0 Å². The van der Waals surface area contributed by atoms with E-state index in [2.05, 4.69) is 22.3 Å². The van der Waals surface area contributed by atoms with E-state index in [0.717, 1.165) is 29.9 Å². The van der Waals surface area contributed by atoms with E-state index < -0.39 is 0 Å². The minimum Gasteiger partial charge on any atom is -0.493 e. The van der Waals surface area contributed by atoms with Gasteiger partial charge in [-0.05, 0) is 23.3 Å². The standard InChI is InChI=1S/C17H14N2O2/c20-17-14-4-2-1-3-13(14)15(18-19-17)10-11-5-6-16-12(9-11)7-8-21-16/h1-6,9H,7-8,10H2,(H,19,20). The maximum absolute atomic E-state index is 11.8. The number of nitrogens with one attached hydrogen (secondary N) is 1. The second-order valence-electron chi connectivity index (χ2n) is 5.26. The highest BCUT2D eigenvalue weighted by Crippen LogP contribution is 2.27. The van der Waals surface area contributed by atoms with E-state index in [9.17, 15) is 4.79 Å². The molecule has 2 heterocycles. The molecule has 1 aliphatic heterocycles. The van der Waals surface area contributed by atoms with Crippen molar-refractivity contribution in [1.29, 1.82) is 0 Å². The zero-order valence-corrected chi connectivity index (χ0v) is 11.4. The normalized spacial score (nSPS) is 13.1. The number of fused-ring (bicyclic) bond motifs is 2. The summed E-state index contributed by atoms with van der Waals surface area (Å²) in [6.45, 7) is 0.763. The van der Waals surface area contributed by atoms with Crippen LogP contribution < -0.4 is 10.3 Å². The minimum atomic E-state index is -0.142. The number of ether oxygens (including phenoxy) is 1. The average Bonchev–Trinajstić information content (AvgIpc) is 2.98. The first kappa shape index (κ1) is 12.1. The van der Waals surface area contributed by atoms with Gasteiger partial charge in [-0.25, -0.2) is 5.10 Å². The molecule has 4 rings (SSSR count). The van der Waals surface area contributed by atoms with E-state index in [1.807, 2.05) is 30.3 Å². The predicted octanol–water partition coefficient (Wildman–Crippen LogP) is 2.45. The first-order chi connectivity index (χ1) is 10.3. The van der Waals surface area contributed by atoms with Gasteiger partial charge < -0.3 is 4.74 Å². The molecule has 0 saturated heterocycles. The summed E-state index contributed by atoms with van der Waals surface area (Å²) in [5.41, 5.74) is 3.19. The first-order valence-corrected chi connectivity index (χ1v) is 7.02. The molecule has 2 aromatic carbocycles. The third-order valence-electron chi connectivity index (χ3n) is 3.90. The Morgan fingerprint density at radius 3 is 2.90 bits per heavy atom. The monoisotopic (exact) mass is 278 g/mol. The van der Waals surface area contributed by atoms with Gasteiger partial charge in [0.25, 0.3) is 5.56 Å². The number of H-pyrrole nitrogens is 1. The van der Waals surface area contributed by atoms with Crippen molar-refractivity contribution in [2.24, 2.45) is 0 Å². The van der Waals surface area contributed by atoms with Crippen LogP contribution in [0.15, 0.2) is 47.3 Å². The molecule has 0 unspecified atom stereocenters. The van der Waals surface area contributed by atoms with Crippen LogP contribution in [-0.4, -0.2) is 16.8 Å². The van der Waals surface area contributed by atoms with Crippen LogP contribution in [0.1, 0.15) is 16.8 Å². The van der Waals surface area contributed by atoms with Crippen LogP contribution in [0, 0.1) is 0 Å². The fourth-order valence-corrected chi connectivity index (χ4v) is 2.85. The summed E-state index contributed by atoms with van der Waals surface area (Å²) in [6.07, 6.45) is 1.66. The van der Waals surface area contributed by atoms with Crippen molar-refractivity contribution in [3.8, 4) is 5.75 Å². The molecule has 0 radical (unpaired) electrons. The number of aromatic nitrogens is 2. The summed E-state index contributed by atoms with van der Waals surface area (Å²) in [4.78, 5) is 11.8. The SMILES string of the molecule is O=c1[nH]nc(Cc2ccc3c(c2)CCO3)c2ccccc12. The molecule has 1 N–H and O–H groups in total. The molecule has 0 saturated carbocycles. The molecular weight excluding hydrogens is 264 g/mol. The lowest BCUT2D eigenvalue weighted by atomic mass is 10.0. The van der Waals surface area contributed by atoms with Crippen LogP contribution in [0.4, 0.5) is 0 Å². The Hall–Kier alpha value is -2.62. The number of rotatable bonds is 2. The van der Waals surface area contributed by atoms with Crippen LogP contribution in [0.25, 0.3) is 10.8 Å². The molecule has 0 atom stereocenters. The summed E-state index contributed by atoms with van der Waals surface area (Å²) in [7, 11) is 0. The number of nitrogens with zero attached hydrogens (tertiary/aromatic N) is 1. The van der Waals surface area contributed by atoms with Crippen molar-refractivity contribution in [1.82, 2.24) is 10.2 Å². The van der Waals surface area contributed by atoms with Crippen molar-refractivity contribution in [2.75, 3.05) is 6.61 Å². The second kappa shape index (κ2) is 4.74. The van der Waals surface area contributed by atoms with Crippen molar-refractivity contribution < 1.29 is 4.74 Å². The molecule has 21 heavy (non-hydrogen) atoms. The summed E-state index contributed by atoms with van der Waals surface area (Å²) in [6, 6.07) is 13.8. The van der Waals surface area contributed by atoms with E-state index >= 15 is 0 Å². The Balaban J connectivity index is 1.78. The van der Waals surface area contributed by atoms with Gasteiger partial charge in [-0.2, -0.15) is 5.10 Å². The zero-order chi connectivity index (χ0) is 14.2. The Morgan fingerprint density at radius 1 is 1.14 bits per heavy atom. The van der Waals surface area contributed by atoms with Crippen LogP contribution in [-0.2, 0) is 12.8 Å². The quantitative estimate of drug-likeness (QED) is 0.783. The molecule has 104 valence electrons. The Bertz CT molecular complexity index is 883. The van der Waals surface area contributed by atoms with E-state index in [0.29, 0.717) is 11.8 Å². The van der Waals surface area contributed by atoms with Gasteiger partial charge in [0, 0.05) is 18.2 Å². The molecule has 0 aliphatic carbocycles. The molecule has 3 aromatic rings. The smallest absolute Gasteiger partial charge is 0.272 e.